The number of benzene rings is 1. The Bertz CT molecular complexity index is 552. The number of carbonyl (C=O) groups excluding carboxylic acids is 1. The Kier molecular flexibility index (Phi) is 3.34. The van der Waals surface area contributed by atoms with Crippen molar-refractivity contribution in [3.63, 3.8) is 0 Å². The maximum absolute atomic E-state index is 12.4. The molecule has 3 atom stereocenters. The summed E-state index contributed by atoms with van der Waals surface area (Å²) in [6, 6.07) is 8.67. The first kappa shape index (κ1) is 13.8. The van der Waals surface area contributed by atoms with E-state index in [1.165, 1.54) is 12.0 Å². The number of ether oxygens (including phenoxy) is 1. The average Bonchev–Trinajstić information content (AvgIpc) is 2.87. The number of likely N-dealkylation sites (tertiary alicyclic amines) is 1. The van der Waals surface area contributed by atoms with Crippen molar-refractivity contribution in [1.82, 2.24) is 4.90 Å². The van der Waals surface area contributed by atoms with Crippen molar-refractivity contribution in [1.29, 1.82) is 0 Å². The van der Waals surface area contributed by atoms with Gasteiger partial charge in [0.2, 0.25) is 0 Å². The SMILES string of the molecule is O=C([C@H]1CCCO1)N1CCC2(CC2c2ccc(Br)cc2)C1. The predicted molar refractivity (Wildman–Crippen MR) is 84.1 cm³/mol. The topological polar surface area (TPSA) is 29.5 Å². The molecule has 3 fully saturated rings. The molecule has 0 aromatic heterocycles. The number of halogens is 1. The van der Waals surface area contributed by atoms with E-state index in [2.05, 4.69) is 45.1 Å². The lowest BCUT2D eigenvalue weighted by Crippen LogP contribution is -2.37. The number of hydrogen-bond donors (Lipinski definition) is 0. The highest BCUT2D eigenvalue weighted by Crippen LogP contribution is 2.64. The van der Waals surface area contributed by atoms with E-state index in [0.717, 1.165) is 43.4 Å². The first-order chi connectivity index (χ1) is 10.2. The van der Waals surface area contributed by atoms with Crippen molar-refractivity contribution >= 4 is 21.8 Å². The van der Waals surface area contributed by atoms with E-state index in [1.807, 2.05) is 0 Å². The summed E-state index contributed by atoms with van der Waals surface area (Å²) in [6.45, 7) is 2.58. The third-order valence-electron chi connectivity index (χ3n) is 5.36. The highest BCUT2D eigenvalue weighted by atomic mass is 79.9. The summed E-state index contributed by atoms with van der Waals surface area (Å²) in [4.78, 5) is 14.5. The van der Waals surface area contributed by atoms with Crippen molar-refractivity contribution in [2.75, 3.05) is 19.7 Å². The van der Waals surface area contributed by atoms with Crippen molar-refractivity contribution in [2.24, 2.45) is 5.41 Å². The van der Waals surface area contributed by atoms with Gasteiger partial charge >= 0.3 is 0 Å². The van der Waals surface area contributed by atoms with Gasteiger partial charge in [-0.25, -0.2) is 0 Å². The van der Waals surface area contributed by atoms with Crippen LogP contribution < -0.4 is 0 Å². The monoisotopic (exact) mass is 349 g/mol. The lowest BCUT2D eigenvalue weighted by atomic mass is 9.98. The Morgan fingerprint density at radius 2 is 2.14 bits per heavy atom. The largest absolute Gasteiger partial charge is 0.368 e. The Balaban J connectivity index is 1.42. The van der Waals surface area contributed by atoms with Gasteiger partial charge in [0.15, 0.2) is 0 Å². The number of amides is 1. The van der Waals surface area contributed by atoms with E-state index in [9.17, 15) is 4.79 Å². The van der Waals surface area contributed by atoms with Crippen LogP contribution in [0.3, 0.4) is 0 Å². The van der Waals surface area contributed by atoms with Crippen LogP contribution in [0.5, 0.6) is 0 Å². The molecule has 2 unspecified atom stereocenters. The second kappa shape index (κ2) is 5.10. The molecule has 1 aromatic rings. The van der Waals surface area contributed by atoms with Crippen LogP contribution in [0, 0.1) is 5.41 Å². The van der Waals surface area contributed by atoms with Crippen LogP contribution in [0.15, 0.2) is 28.7 Å². The van der Waals surface area contributed by atoms with Crippen molar-refractivity contribution in [3.8, 4) is 0 Å². The maximum atomic E-state index is 12.4. The number of hydrogen-bond acceptors (Lipinski definition) is 2. The fraction of sp³-hybridized carbons (Fsp3) is 0.588. The molecule has 0 bridgehead atoms. The number of rotatable bonds is 2. The molecule has 3 nitrogen and oxygen atoms in total. The molecule has 1 saturated carbocycles. The summed E-state index contributed by atoms with van der Waals surface area (Å²) >= 11 is 3.49. The molecule has 1 aromatic carbocycles. The lowest BCUT2D eigenvalue weighted by Gasteiger charge is -2.20. The summed E-state index contributed by atoms with van der Waals surface area (Å²) in [5.41, 5.74) is 1.77. The van der Waals surface area contributed by atoms with Gasteiger partial charge in [-0.2, -0.15) is 0 Å². The van der Waals surface area contributed by atoms with Gasteiger partial charge in [0.25, 0.3) is 5.91 Å². The van der Waals surface area contributed by atoms with Crippen LogP contribution in [-0.2, 0) is 9.53 Å². The number of carbonyl (C=O) groups is 1. The molecule has 4 rings (SSSR count). The van der Waals surface area contributed by atoms with Crippen LogP contribution in [0.25, 0.3) is 0 Å². The molecule has 0 N–H and O–H groups in total. The molecule has 2 heterocycles. The second-order valence-corrected chi connectivity index (χ2v) is 7.60. The first-order valence-electron chi connectivity index (χ1n) is 7.84. The predicted octanol–water partition coefficient (Wildman–Crippen LogP) is 3.33. The molecule has 1 amide bonds. The molecular formula is C17H20BrNO2. The molecule has 1 aliphatic carbocycles. The van der Waals surface area contributed by atoms with Crippen LogP contribution >= 0.6 is 15.9 Å². The van der Waals surface area contributed by atoms with Crippen molar-refractivity contribution in [2.45, 2.75) is 37.7 Å². The van der Waals surface area contributed by atoms with Crippen LogP contribution in [0.1, 0.15) is 37.2 Å². The number of nitrogens with zero attached hydrogens (tertiary/aromatic N) is 1. The zero-order valence-electron chi connectivity index (χ0n) is 12.1. The van der Waals surface area contributed by atoms with Gasteiger partial charge < -0.3 is 9.64 Å². The quantitative estimate of drug-likeness (QED) is 0.819. The molecule has 1 spiro atoms. The summed E-state index contributed by atoms with van der Waals surface area (Å²) < 4.78 is 6.67. The summed E-state index contributed by atoms with van der Waals surface area (Å²) in [5.74, 6) is 0.860. The highest BCUT2D eigenvalue weighted by molar-refractivity contribution is 9.10. The van der Waals surface area contributed by atoms with Gasteiger partial charge in [0.05, 0.1) is 0 Å². The van der Waals surface area contributed by atoms with Gasteiger partial charge in [-0.3, -0.25) is 4.79 Å². The van der Waals surface area contributed by atoms with Gasteiger partial charge in [0, 0.05) is 24.2 Å². The summed E-state index contributed by atoms with van der Waals surface area (Å²) in [7, 11) is 0. The lowest BCUT2D eigenvalue weighted by molar-refractivity contribution is -0.140. The van der Waals surface area contributed by atoms with Gasteiger partial charge in [-0.05, 0) is 54.7 Å². The Morgan fingerprint density at radius 3 is 2.86 bits per heavy atom. The smallest absolute Gasteiger partial charge is 0.251 e. The minimum Gasteiger partial charge on any atom is -0.368 e. The molecule has 0 radical (unpaired) electrons. The van der Waals surface area contributed by atoms with Gasteiger partial charge in [0.1, 0.15) is 6.10 Å². The molecule has 3 aliphatic rings. The van der Waals surface area contributed by atoms with Crippen LogP contribution in [0.2, 0.25) is 0 Å². The zero-order valence-corrected chi connectivity index (χ0v) is 13.6. The first-order valence-corrected chi connectivity index (χ1v) is 8.63. The van der Waals surface area contributed by atoms with E-state index in [1.54, 1.807) is 0 Å². The second-order valence-electron chi connectivity index (χ2n) is 6.68. The van der Waals surface area contributed by atoms with E-state index in [-0.39, 0.29) is 12.0 Å². The zero-order chi connectivity index (χ0) is 14.4. The molecule has 2 saturated heterocycles. The normalized spacial score (nSPS) is 34.6. The van der Waals surface area contributed by atoms with Gasteiger partial charge in [-0.15, -0.1) is 0 Å². The standard InChI is InChI=1S/C17H20BrNO2/c18-13-5-3-12(4-6-13)14-10-17(14)7-8-19(11-17)16(20)15-2-1-9-21-15/h3-6,14-15H,1-2,7-11H2/t14?,15-,17?/m1/s1. The molecule has 2 aliphatic heterocycles. The van der Waals surface area contributed by atoms with E-state index >= 15 is 0 Å². The van der Waals surface area contributed by atoms with Crippen molar-refractivity contribution in [3.05, 3.63) is 34.3 Å². The minimum absolute atomic E-state index is 0.162. The summed E-state index contributed by atoms with van der Waals surface area (Å²) in [6.07, 6.45) is 4.14. The minimum atomic E-state index is -0.162. The summed E-state index contributed by atoms with van der Waals surface area (Å²) in [5, 5.41) is 0. The van der Waals surface area contributed by atoms with E-state index in [4.69, 9.17) is 4.74 Å². The molecular weight excluding hydrogens is 330 g/mol. The third-order valence-corrected chi connectivity index (χ3v) is 5.89. The average molecular weight is 350 g/mol. The van der Waals surface area contributed by atoms with Crippen LogP contribution in [0.4, 0.5) is 0 Å². The molecule has 21 heavy (non-hydrogen) atoms. The molecule has 4 heteroatoms. The fourth-order valence-corrected chi connectivity index (χ4v) is 4.29. The van der Waals surface area contributed by atoms with Gasteiger partial charge in [-0.1, -0.05) is 28.1 Å². The Hall–Kier alpha value is -0.870. The highest BCUT2D eigenvalue weighted by Gasteiger charge is 2.58. The molecule has 112 valence electrons. The van der Waals surface area contributed by atoms with E-state index in [0.29, 0.717) is 11.3 Å². The fourth-order valence-electron chi connectivity index (χ4n) is 4.03. The van der Waals surface area contributed by atoms with Crippen LogP contribution in [-0.4, -0.2) is 36.6 Å². The van der Waals surface area contributed by atoms with E-state index < -0.39 is 0 Å². The third kappa shape index (κ3) is 2.42. The Morgan fingerprint density at radius 1 is 1.33 bits per heavy atom. The maximum Gasteiger partial charge on any atom is 0.251 e. The Labute approximate surface area is 133 Å². The van der Waals surface area contributed by atoms with Crippen molar-refractivity contribution < 1.29 is 9.53 Å².